The number of likely N-dealkylation sites (tertiary alicyclic amines) is 1. The number of halogens is 2. The Morgan fingerprint density at radius 1 is 1.17 bits per heavy atom. The van der Waals surface area contributed by atoms with Crippen LogP contribution in [-0.2, 0) is 14.8 Å². The molecule has 0 bridgehead atoms. The number of amides is 1. The molecule has 1 unspecified atom stereocenters. The van der Waals surface area contributed by atoms with Crippen molar-refractivity contribution in [1.82, 2.24) is 14.1 Å². The fraction of sp³-hybridized carbons (Fsp3) is 0.450. The molecule has 30 heavy (non-hydrogen) atoms. The van der Waals surface area contributed by atoms with Gasteiger partial charge < -0.3 is 4.90 Å². The summed E-state index contributed by atoms with van der Waals surface area (Å²) in [6, 6.07) is 5.79. The van der Waals surface area contributed by atoms with Crippen molar-refractivity contribution in [2.24, 2.45) is 0 Å². The van der Waals surface area contributed by atoms with Crippen molar-refractivity contribution in [1.29, 1.82) is 0 Å². The summed E-state index contributed by atoms with van der Waals surface area (Å²) in [6.45, 7) is 2.33. The first-order chi connectivity index (χ1) is 14.4. The lowest BCUT2D eigenvalue weighted by Gasteiger charge is -2.35. The Morgan fingerprint density at radius 2 is 1.93 bits per heavy atom. The van der Waals surface area contributed by atoms with E-state index in [2.05, 4.69) is 21.7 Å². The van der Waals surface area contributed by atoms with Gasteiger partial charge in [0.2, 0.25) is 15.9 Å². The van der Waals surface area contributed by atoms with Crippen LogP contribution in [0.15, 0.2) is 39.9 Å². The standard InChI is InChI=1S/C20H23ClFN3O3S2/c21-17-12-16(3-4-18(17)22)30(27,28)25-9-7-23(8-10-25)20(26)13-24-6-1-2-19(24)15-5-11-29-14-15/h3-5,11-12,14,19H,1-2,6-10,13H2. The zero-order chi connectivity index (χ0) is 21.3. The van der Waals surface area contributed by atoms with Gasteiger partial charge in [-0.2, -0.15) is 15.6 Å². The second kappa shape index (κ2) is 8.92. The van der Waals surface area contributed by atoms with E-state index in [9.17, 15) is 17.6 Å². The van der Waals surface area contributed by atoms with Gasteiger partial charge in [0.25, 0.3) is 0 Å². The monoisotopic (exact) mass is 471 g/mol. The maximum absolute atomic E-state index is 13.4. The van der Waals surface area contributed by atoms with Gasteiger partial charge in [-0.25, -0.2) is 12.8 Å². The molecule has 1 atom stereocenters. The van der Waals surface area contributed by atoms with Gasteiger partial charge in [-0.3, -0.25) is 9.69 Å². The van der Waals surface area contributed by atoms with E-state index in [0.29, 0.717) is 19.6 Å². The highest BCUT2D eigenvalue weighted by molar-refractivity contribution is 7.89. The molecular weight excluding hydrogens is 449 g/mol. The van der Waals surface area contributed by atoms with Crippen molar-refractivity contribution in [3.63, 3.8) is 0 Å². The average Bonchev–Trinajstić information content (AvgIpc) is 3.41. The number of thiophene rings is 1. The number of rotatable bonds is 5. The lowest BCUT2D eigenvalue weighted by atomic mass is 10.1. The Hall–Kier alpha value is -1.52. The molecule has 4 rings (SSSR count). The first-order valence-electron chi connectivity index (χ1n) is 9.85. The van der Waals surface area contributed by atoms with Gasteiger partial charge in [-0.15, -0.1) is 0 Å². The number of carbonyl (C=O) groups is 1. The molecule has 10 heteroatoms. The van der Waals surface area contributed by atoms with Crippen LogP contribution in [0.2, 0.25) is 5.02 Å². The summed E-state index contributed by atoms with van der Waals surface area (Å²) in [5.74, 6) is -0.632. The van der Waals surface area contributed by atoms with Crippen LogP contribution in [0.5, 0.6) is 0 Å². The topological polar surface area (TPSA) is 60.9 Å². The molecule has 1 amide bonds. The third-order valence-corrected chi connectivity index (χ3v) is 8.64. The highest BCUT2D eigenvalue weighted by Crippen LogP contribution is 2.33. The largest absolute Gasteiger partial charge is 0.339 e. The van der Waals surface area contributed by atoms with Gasteiger partial charge in [0.1, 0.15) is 5.82 Å². The number of hydrogen-bond acceptors (Lipinski definition) is 5. The van der Waals surface area contributed by atoms with Crippen LogP contribution in [-0.4, -0.2) is 67.7 Å². The lowest BCUT2D eigenvalue weighted by Crippen LogP contribution is -2.52. The Morgan fingerprint density at radius 3 is 2.60 bits per heavy atom. The SMILES string of the molecule is O=C(CN1CCCC1c1ccsc1)N1CCN(S(=O)(=O)c2ccc(F)c(Cl)c2)CC1. The number of hydrogen-bond donors (Lipinski definition) is 0. The Labute approximate surface area is 184 Å². The van der Waals surface area contributed by atoms with Crippen molar-refractivity contribution in [2.75, 3.05) is 39.3 Å². The smallest absolute Gasteiger partial charge is 0.243 e. The fourth-order valence-corrected chi connectivity index (χ4v) is 6.50. The number of piperazine rings is 1. The molecule has 2 aliphatic rings. The molecule has 2 fully saturated rings. The van der Waals surface area contributed by atoms with Crippen molar-refractivity contribution in [3.05, 3.63) is 51.4 Å². The van der Waals surface area contributed by atoms with Crippen molar-refractivity contribution in [3.8, 4) is 0 Å². The second-order valence-corrected chi connectivity index (χ2v) is 10.7. The van der Waals surface area contributed by atoms with E-state index in [1.54, 1.807) is 16.2 Å². The highest BCUT2D eigenvalue weighted by Gasteiger charge is 2.33. The lowest BCUT2D eigenvalue weighted by molar-refractivity contribution is -0.133. The molecule has 0 aliphatic carbocycles. The van der Waals surface area contributed by atoms with Crippen LogP contribution < -0.4 is 0 Å². The first-order valence-corrected chi connectivity index (χ1v) is 12.6. The van der Waals surface area contributed by atoms with E-state index in [-0.39, 0.29) is 35.0 Å². The van der Waals surface area contributed by atoms with Gasteiger partial charge in [0.15, 0.2) is 0 Å². The number of sulfonamides is 1. The predicted octanol–water partition coefficient (Wildman–Crippen LogP) is 3.21. The maximum atomic E-state index is 13.4. The molecule has 0 radical (unpaired) electrons. The second-order valence-electron chi connectivity index (χ2n) is 7.55. The molecule has 6 nitrogen and oxygen atoms in total. The minimum absolute atomic E-state index is 0.0269. The maximum Gasteiger partial charge on any atom is 0.243 e. The molecule has 3 heterocycles. The van der Waals surface area contributed by atoms with E-state index in [4.69, 9.17) is 11.6 Å². The molecule has 1 aromatic heterocycles. The van der Waals surface area contributed by atoms with E-state index in [1.807, 2.05) is 0 Å². The molecule has 0 saturated carbocycles. The quantitative estimate of drug-likeness (QED) is 0.671. The van der Waals surface area contributed by atoms with Crippen LogP contribution in [0, 0.1) is 5.82 Å². The highest BCUT2D eigenvalue weighted by atomic mass is 35.5. The minimum Gasteiger partial charge on any atom is -0.339 e. The molecular formula is C20H23ClFN3O3S2. The number of nitrogens with zero attached hydrogens (tertiary/aromatic N) is 3. The van der Waals surface area contributed by atoms with Crippen LogP contribution in [0.1, 0.15) is 24.4 Å². The normalized spacial score (nSPS) is 21.3. The summed E-state index contributed by atoms with van der Waals surface area (Å²) in [4.78, 5) is 16.7. The molecule has 1 aromatic carbocycles. The molecule has 2 saturated heterocycles. The van der Waals surface area contributed by atoms with Crippen LogP contribution in [0.4, 0.5) is 4.39 Å². The van der Waals surface area contributed by atoms with E-state index < -0.39 is 15.8 Å². The van der Waals surface area contributed by atoms with Crippen LogP contribution in [0.3, 0.4) is 0 Å². The van der Waals surface area contributed by atoms with Gasteiger partial charge in [0, 0.05) is 32.2 Å². The molecule has 2 aliphatic heterocycles. The molecule has 0 N–H and O–H groups in total. The first kappa shape index (κ1) is 21.7. The summed E-state index contributed by atoms with van der Waals surface area (Å²) >= 11 is 7.40. The van der Waals surface area contributed by atoms with Gasteiger partial charge in [-0.05, 0) is 60.0 Å². The van der Waals surface area contributed by atoms with Gasteiger partial charge in [-0.1, -0.05) is 11.6 Å². The van der Waals surface area contributed by atoms with Crippen molar-refractivity contribution < 1.29 is 17.6 Å². The van der Waals surface area contributed by atoms with E-state index >= 15 is 0 Å². The third kappa shape index (κ3) is 4.40. The van der Waals surface area contributed by atoms with Gasteiger partial charge in [0.05, 0.1) is 16.5 Å². The summed E-state index contributed by atoms with van der Waals surface area (Å²) in [5.41, 5.74) is 1.26. The fourth-order valence-electron chi connectivity index (χ4n) is 4.10. The Balaban J connectivity index is 1.36. The van der Waals surface area contributed by atoms with Crippen LogP contribution in [0.25, 0.3) is 0 Å². The Kier molecular flexibility index (Phi) is 6.45. The zero-order valence-corrected chi connectivity index (χ0v) is 18.7. The number of benzene rings is 1. The Bertz CT molecular complexity index is 1010. The molecule has 0 spiro atoms. The molecule has 2 aromatic rings. The van der Waals surface area contributed by atoms with Crippen LogP contribution >= 0.6 is 22.9 Å². The summed E-state index contributed by atoms with van der Waals surface area (Å²) in [7, 11) is -3.78. The minimum atomic E-state index is -3.78. The summed E-state index contributed by atoms with van der Waals surface area (Å²) in [6.07, 6.45) is 2.12. The number of carbonyl (C=O) groups excluding carboxylic acids is 1. The van der Waals surface area contributed by atoms with Gasteiger partial charge >= 0.3 is 0 Å². The summed E-state index contributed by atoms with van der Waals surface area (Å²) < 4.78 is 40.3. The van der Waals surface area contributed by atoms with E-state index in [1.165, 1.54) is 15.9 Å². The summed E-state index contributed by atoms with van der Waals surface area (Å²) in [5, 5.41) is 3.97. The van der Waals surface area contributed by atoms with Crippen molar-refractivity contribution >= 4 is 38.9 Å². The third-order valence-electron chi connectivity index (χ3n) is 5.75. The van der Waals surface area contributed by atoms with E-state index in [0.717, 1.165) is 31.5 Å². The molecule has 162 valence electrons. The van der Waals surface area contributed by atoms with Crippen molar-refractivity contribution in [2.45, 2.75) is 23.8 Å². The predicted molar refractivity (Wildman–Crippen MR) is 115 cm³/mol. The zero-order valence-electron chi connectivity index (χ0n) is 16.3. The average molecular weight is 472 g/mol.